The molecular weight excluding hydrogens is 459 g/mol. The summed E-state index contributed by atoms with van der Waals surface area (Å²) < 4.78 is 42.6. The molecule has 182 valence electrons. The summed E-state index contributed by atoms with van der Waals surface area (Å²) in [6, 6.07) is 10.2. The van der Waals surface area contributed by atoms with Crippen molar-refractivity contribution in [2.75, 3.05) is 24.3 Å². The maximum Gasteiger partial charge on any atom is 0.418 e. The highest BCUT2D eigenvalue weighted by atomic mass is 19.4. The number of aliphatic imine (C=N–C) groups is 1. The van der Waals surface area contributed by atoms with Crippen molar-refractivity contribution in [1.29, 1.82) is 0 Å². The predicted octanol–water partition coefficient (Wildman–Crippen LogP) is 4.07. The molecule has 2 heterocycles. The van der Waals surface area contributed by atoms with Crippen LogP contribution in [-0.2, 0) is 17.5 Å². The fraction of sp³-hybridized carbons (Fsp3) is 0.333. The van der Waals surface area contributed by atoms with Crippen LogP contribution in [-0.4, -0.2) is 46.7 Å². The minimum absolute atomic E-state index is 0.0281. The van der Waals surface area contributed by atoms with Crippen LogP contribution in [0.25, 0.3) is 5.69 Å². The van der Waals surface area contributed by atoms with Gasteiger partial charge in [0.05, 0.1) is 52.3 Å². The zero-order valence-corrected chi connectivity index (χ0v) is 19.2. The summed E-state index contributed by atoms with van der Waals surface area (Å²) in [5.41, 5.74) is 2.21. The number of rotatable bonds is 6. The van der Waals surface area contributed by atoms with E-state index in [2.05, 4.69) is 25.9 Å². The number of alkyl halides is 3. The van der Waals surface area contributed by atoms with Crippen LogP contribution >= 0.6 is 0 Å². The monoisotopic (exact) mass is 483 g/mol. The number of nitrogens with zero attached hydrogens (tertiary/aromatic N) is 5. The number of hydrogen-bond donors (Lipinski definition) is 2. The first-order valence-electron chi connectivity index (χ1n) is 11.2. The first-order valence-corrected chi connectivity index (χ1v) is 11.2. The zero-order valence-electron chi connectivity index (χ0n) is 19.2. The molecule has 8 nitrogen and oxygen atoms in total. The van der Waals surface area contributed by atoms with E-state index in [-0.39, 0.29) is 23.5 Å². The van der Waals surface area contributed by atoms with Crippen LogP contribution in [0, 0.1) is 0 Å². The fourth-order valence-corrected chi connectivity index (χ4v) is 4.01. The van der Waals surface area contributed by atoms with Crippen molar-refractivity contribution >= 4 is 28.7 Å². The molecule has 1 aromatic heterocycles. The third-order valence-corrected chi connectivity index (χ3v) is 5.95. The van der Waals surface area contributed by atoms with E-state index in [4.69, 9.17) is 0 Å². The summed E-state index contributed by atoms with van der Waals surface area (Å²) >= 11 is 0. The van der Waals surface area contributed by atoms with E-state index in [0.717, 1.165) is 17.4 Å². The Kier molecular flexibility index (Phi) is 5.79. The highest BCUT2D eigenvalue weighted by molar-refractivity contribution is 6.17. The number of fused-ring (bicyclic) bond motifs is 1. The van der Waals surface area contributed by atoms with E-state index < -0.39 is 17.6 Å². The molecule has 0 radical (unpaired) electrons. The quantitative estimate of drug-likeness (QED) is 0.552. The fourth-order valence-electron chi connectivity index (χ4n) is 4.01. The molecule has 0 bridgehead atoms. The third kappa shape index (κ3) is 4.90. The molecule has 3 aromatic rings. The van der Waals surface area contributed by atoms with E-state index >= 15 is 0 Å². The van der Waals surface area contributed by atoms with Crippen LogP contribution in [0.1, 0.15) is 36.1 Å². The lowest BCUT2D eigenvalue weighted by atomic mass is 10.1. The van der Waals surface area contributed by atoms with Gasteiger partial charge in [0, 0.05) is 26.7 Å². The summed E-state index contributed by atoms with van der Waals surface area (Å²) in [4.78, 5) is 18.6. The van der Waals surface area contributed by atoms with Gasteiger partial charge in [0.2, 0.25) is 5.91 Å². The van der Waals surface area contributed by atoms with Gasteiger partial charge in [0.15, 0.2) is 0 Å². The SMILES string of the molecule is CN(C)c1cc2c(cc1C(F)(F)F)NC(=O)CC(c1cccc(-n3nncc3CNC3CC3)c1)=N2. The minimum Gasteiger partial charge on any atom is -0.377 e. The summed E-state index contributed by atoms with van der Waals surface area (Å²) in [5.74, 6) is -0.436. The standard InChI is InChI=1S/C24H24F3N7O/c1-33(2)22-10-21-20(9-18(22)24(25,26)27)31-23(35)11-19(30-21)14-4-3-5-16(8-14)34-17(13-29-32-34)12-28-15-6-7-15/h3-5,8-10,13,15,28H,6-7,11-12H2,1-2H3,(H,31,35). The Morgan fingerprint density at radius 1 is 1.20 bits per heavy atom. The lowest BCUT2D eigenvalue weighted by Gasteiger charge is -2.21. The highest BCUT2D eigenvalue weighted by Crippen LogP contribution is 2.42. The van der Waals surface area contributed by atoms with Gasteiger partial charge in [-0.2, -0.15) is 13.2 Å². The van der Waals surface area contributed by atoms with E-state index in [1.807, 2.05) is 24.3 Å². The maximum atomic E-state index is 13.6. The van der Waals surface area contributed by atoms with Crippen molar-refractivity contribution < 1.29 is 18.0 Å². The van der Waals surface area contributed by atoms with Crippen LogP contribution < -0.4 is 15.5 Å². The minimum atomic E-state index is -4.57. The molecule has 35 heavy (non-hydrogen) atoms. The predicted molar refractivity (Wildman–Crippen MR) is 126 cm³/mol. The molecule has 1 aliphatic heterocycles. The third-order valence-electron chi connectivity index (χ3n) is 5.95. The number of hydrogen-bond acceptors (Lipinski definition) is 6. The van der Waals surface area contributed by atoms with Gasteiger partial charge in [0.1, 0.15) is 0 Å². The van der Waals surface area contributed by atoms with Gasteiger partial charge in [-0.15, -0.1) is 5.10 Å². The Hall–Kier alpha value is -3.73. The molecular formula is C24H24F3N7O. The Labute approximate surface area is 199 Å². The molecule has 1 amide bonds. The van der Waals surface area contributed by atoms with Crippen molar-refractivity contribution in [2.45, 2.75) is 38.0 Å². The topological polar surface area (TPSA) is 87.4 Å². The maximum absolute atomic E-state index is 13.6. The second kappa shape index (κ2) is 8.81. The molecule has 1 aliphatic carbocycles. The molecule has 1 fully saturated rings. The Bertz CT molecular complexity index is 1310. The lowest BCUT2D eigenvalue weighted by molar-refractivity contribution is -0.137. The van der Waals surface area contributed by atoms with Gasteiger partial charge in [-0.05, 0) is 42.7 Å². The van der Waals surface area contributed by atoms with Crippen LogP contribution in [0.5, 0.6) is 0 Å². The van der Waals surface area contributed by atoms with E-state index in [9.17, 15) is 18.0 Å². The van der Waals surface area contributed by atoms with Crippen LogP contribution in [0.15, 0.2) is 47.6 Å². The molecule has 2 aromatic carbocycles. The number of anilines is 2. The largest absolute Gasteiger partial charge is 0.418 e. The zero-order chi connectivity index (χ0) is 24.7. The summed E-state index contributed by atoms with van der Waals surface area (Å²) in [6.45, 7) is 0.632. The molecule has 0 unspecified atom stereocenters. The van der Waals surface area contributed by atoms with Crippen molar-refractivity contribution in [3.05, 3.63) is 59.4 Å². The van der Waals surface area contributed by atoms with Gasteiger partial charge in [-0.25, -0.2) is 4.68 Å². The number of amides is 1. The smallest absolute Gasteiger partial charge is 0.377 e. The molecule has 0 atom stereocenters. The van der Waals surface area contributed by atoms with Gasteiger partial charge >= 0.3 is 6.18 Å². The first kappa shape index (κ1) is 23.0. The number of benzene rings is 2. The number of halogens is 3. The molecule has 0 saturated heterocycles. The van der Waals surface area contributed by atoms with Crippen molar-refractivity contribution in [3.8, 4) is 5.69 Å². The number of aromatic nitrogens is 3. The Balaban J connectivity index is 1.53. The van der Waals surface area contributed by atoms with Gasteiger partial charge in [-0.3, -0.25) is 9.79 Å². The molecule has 2 aliphatic rings. The summed E-state index contributed by atoms with van der Waals surface area (Å²) in [7, 11) is 3.07. The van der Waals surface area contributed by atoms with E-state index in [1.165, 1.54) is 37.9 Å². The average Bonchev–Trinajstić information content (AvgIpc) is 3.55. The highest BCUT2D eigenvalue weighted by Gasteiger charge is 2.36. The second-order valence-electron chi connectivity index (χ2n) is 8.90. The second-order valence-corrected chi connectivity index (χ2v) is 8.90. The van der Waals surface area contributed by atoms with Crippen molar-refractivity contribution in [1.82, 2.24) is 20.3 Å². The molecule has 1 saturated carbocycles. The molecule has 11 heteroatoms. The first-order chi connectivity index (χ1) is 16.7. The molecule has 2 N–H and O–H groups in total. The average molecular weight is 483 g/mol. The summed E-state index contributed by atoms with van der Waals surface area (Å²) in [5, 5.41) is 14.2. The van der Waals surface area contributed by atoms with E-state index in [0.29, 0.717) is 23.9 Å². The van der Waals surface area contributed by atoms with Crippen LogP contribution in [0.3, 0.4) is 0 Å². The Morgan fingerprint density at radius 2 is 2.00 bits per heavy atom. The van der Waals surface area contributed by atoms with Crippen molar-refractivity contribution in [3.63, 3.8) is 0 Å². The lowest BCUT2D eigenvalue weighted by Crippen LogP contribution is -2.18. The molecule has 0 spiro atoms. The van der Waals surface area contributed by atoms with E-state index in [1.54, 1.807) is 10.9 Å². The van der Waals surface area contributed by atoms with Crippen LogP contribution in [0.4, 0.5) is 30.2 Å². The molecule has 5 rings (SSSR count). The van der Waals surface area contributed by atoms with Gasteiger partial charge < -0.3 is 15.5 Å². The van der Waals surface area contributed by atoms with Crippen molar-refractivity contribution in [2.24, 2.45) is 4.99 Å². The Morgan fingerprint density at radius 3 is 2.71 bits per heavy atom. The van der Waals surface area contributed by atoms with Gasteiger partial charge in [0.25, 0.3) is 0 Å². The van der Waals surface area contributed by atoms with Crippen LogP contribution in [0.2, 0.25) is 0 Å². The van der Waals surface area contributed by atoms with Gasteiger partial charge in [-0.1, -0.05) is 17.3 Å². The normalized spacial score (nSPS) is 15.8. The number of nitrogens with one attached hydrogen (secondary N) is 2. The number of carbonyl (C=O) groups excluding carboxylic acids is 1. The summed E-state index contributed by atoms with van der Waals surface area (Å²) in [6.07, 6.45) is -0.614. The number of carbonyl (C=O) groups is 1.